The van der Waals surface area contributed by atoms with E-state index < -0.39 is 19.7 Å². The first-order chi connectivity index (χ1) is 13.1. The molecule has 1 aromatic heterocycles. The van der Waals surface area contributed by atoms with Crippen LogP contribution in [0.2, 0.25) is 0 Å². The summed E-state index contributed by atoms with van der Waals surface area (Å²) in [7, 11) is -1.34. The van der Waals surface area contributed by atoms with Crippen LogP contribution in [0.3, 0.4) is 0 Å². The Kier molecular flexibility index (Phi) is 8.81. The van der Waals surface area contributed by atoms with Crippen molar-refractivity contribution in [3.63, 3.8) is 0 Å². The molecule has 0 radical (unpaired) electrons. The lowest BCUT2D eigenvalue weighted by Gasteiger charge is -2.34. The maximum atomic E-state index is 12.5. The van der Waals surface area contributed by atoms with E-state index >= 15 is 0 Å². The van der Waals surface area contributed by atoms with Gasteiger partial charge in [0.15, 0.2) is 0 Å². The second-order valence-corrected chi connectivity index (χ2v) is 8.44. The molecular formula is C20H28NO4PS. The van der Waals surface area contributed by atoms with Crippen LogP contribution in [0, 0.1) is 5.92 Å². The molecule has 2 rings (SSSR count). The molecule has 0 spiro atoms. The summed E-state index contributed by atoms with van der Waals surface area (Å²) in [6.07, 6.45) is 1.37. The van der Waals surface area contributed by atoms with Crippen LogP contribution in [-0.4, -0.2) is 35.3 Å². The van der Waals surface area contributed by atoms with Crippen LogP contribution < -0.4 is 0 Å². The summed E-state index contributed by atoms with van der Waals surface area (Å²) in [4.78, 5) is 17.2. The van der Waals surface area contributed by atoms with Crippen molar-refractivity contribution in [1.29, 1.82) is 0 Å². The first kappa shape index (κ1) is 21.9. The second kappa shape index (κ2) is 10.8. The number of esters is 1. The third kappa shape index (κ3) is 5.56. The Labute approximate surface area is 166 Å². The van der Waals surface area contributed by atoms with Gasteiger partial charge in [-0.15, -0.1) is 11.8 Å². The number of para-hydroxylation sites is 1. The summed E-state index contributed by atoms with van der Waals surface area (Å²) in [5.41, 5.74) is 0.912. The van der Waals surface area contributed by atoms with Crippen molar-refractivity contribution in [2.75, 3.05) is 19.0 Å². The van der Waals surface area contributed by atoms with Crippen LogP contribution in [0.5, 0.6) is 0 Å². The van der Waals surface area contributed by atoms with E-state index in [4.69, 9.17) is 9.47 Å². The molecule has 0 saturated heterocycles. The monoisotopic (exact) mass is 409 g/mol. The molecule has 0 aliphatic carbocycles. The standard InChI is InChI=1S/C20H28NO4PS/c1-4-9-16(19(22)24-5-2)20(26-23,25-6-3)14-27-18-13-12-15-10-7-8-11-17(15)21-18/h7-8,10-13,16H,4-6,9,14,26H2,1-3H3. The number of hydrogen-bond acceptors (Lipinski definition) is 6. The highest BCUT2D eigenvalue weighted by molar-refractivity contribution is 7.99. The van der Waals surface area contributed by atoms with Crippen LogP contribution in [0.15, 0.2) is 41.4 Å². The topological polar surface area (TPSA) is 65.5 Å². The van der Waals surface area contributed by atoms with Gasteiger partial charge in [-0.3, -0.25) is 4.79 Å². The third-order valence-electron chi connectivity index (χ3n) is 4.37. The van der Waals surface area contributed by atoms with E-state index in [0.29, 0.717) is 25.4 Å². The van der Waals surface area contributed by atoms with Gasteiger partial charge >= 0.3 is 5.97 Å². The van der Waals surface area contributed by atoms with Crippen molar-refractivity contribution in [3.05, 3.63) is 36.4 Å². The summed E-state index contributed by atoms with van der Waals surface area (Å²) < 4.78 is 23.5. The van der Waals surface area contributed by atoms with Gasteiger partial charge in [-0.2, -0.15) is 0 Å². The maximum absolute atomic E-state index is 12.5. The van der Waals surface area contributed by atoms with Gasteiger partial charge in [0.1, 0.15) is 5.34 Å². The van der Waals surface area contributed by atoms with Crippen LogP contribution in [-0.2, 0) is 18.8 Å². The average Bonchev–Trinajstić information content (AvgIpc) is 2.69. The smallest absolute Gasteiger partial charge is 0.312 e. The molecule has 0 bridgehead atoms. The fraction of sp³-hybridized carbons (Fsp3) is 0.500. The molecule has 27 heavy (non-hydrogen) atoms. The quantitative estimate of drug-likeness (QED) is 0.302. The van der Waals surface area contributed by atoms with Gasteiger partial charge in [-0.05, 0) is 32.4 Å². The maximum Gasteiger partial charge on any atom is 0.312 e. The first-order valence-corrected chi connectivity index (χ1v) is 11.4. The van der Waals surface area contributed by atoms with Gasteiger partial charge in [-0.25, -0.2) is 4.98 Å². The van der Waals surface area contributed by atoms with Crippen LogP contribution >= 0.6 is 20.2 Å². The SMILES string of the molecule is CCCC(C(=O)OCC)C(CSc1ccc2ccccc2n1)(OCC)[PH2]=O. The Bertz CT molecular complexity index is 772. The normalized spacial score (nSPS) is 15.1. The zero-order valence-corrected chi connectivity index (χ0v) is 18.1. The van der Waals surface area contributed by atoms with E-state index in [1.807, 2.05) is 50.2 Å². The number of benzene rings is 1. The number of thioether (sulfide) groups is 1. The van der Waals surface area contributed by atoms with E-state index in [9.17, 15) is 9.36 Å². The van der Waals surface area contributed by atoms with E-state index in [1.54, 1.807) is 6.92 Å². The molecule has 2 aromatic rings. The van der Waals surface area contributed by atoms with Crippen molar-refractivity contribution >= 4 is 37.1 Å². The fourth-order valence-corrected chi connectivity index (χ4v) is 5.28. The fourth-order valence-electron chi connectivity index (χ4n) is 3.07. The van der Waals surface area contributed by atoms with Gasteiger partial charge in [0.25, 0.3) is 0 Å². The Morgan fingerprint density at radius 3 is 2.63 bits per heavy atom. The predicted octanol–water partition coefficient (Wildman–Crippen LogP) is 4.80. The van der Waals surface area contributed by atoms with Crippen LogP contribution in [0.25, 0.3) is 10.9 Å². The van der Waals surface area contributed by atoms with Gasteiger partial charge in [0.05, 0.1) is 31.5 Å². The second-order valence-electron chi connectivity index (χ2n) is 6.23. The van der Waals surface area contributed by atoms with Gasteiger partial charge in [0, 0.05) is 17.7 Å². The number of aromatic nitrogens is 1. The van der Waals surface area contributed by atoms with Crippen molar-refractivity contribution in [2.45, 2.75) is 44.0 Å². The number of rotatable bonds is 11. The number of ether oxygens (including phenoxy) is 2. The molecule has 148 valence electrons. The molecule has 0 aliphatic rings. The van der Waals surface area contributed by atoms with Crippen LogP contribution in [0.1, 0.15) is 33.6 Å². The number of fused-ring (bicyclic) bond motifs is 1. The van der Waals surface area contributed by atoms with E-state index in [1.165, 1.54) is 11.8 Å². The highest BCUT2D eigenvalue weighted by Gasteiger charge is 2.44. The summed E-state index contributed by atoms with van der Waals surface area (Å²) in [5.74, 6) is -0.472. The molecule has 3 atom stereocenters. The molecule has 1 heterocycles. The molecule has 0 N–H and O–H groups in total. The highest BCUT2D eigenvalue weighted by Crippen LogP contribution is 2.41. The zero-order valence-electron chi connectivity index (χ0n) is 16.1. The third-order valence-corrected chi connectivity index (χ3v) is 6.96. The lowest BCUT2D eigenvalue weighted by Crippen LogP contribution is -2.43. The summed E-state index contributed by atoms with van der Waals surface area (Å²) in [6, 6.07) is 11.9. The molecule has 3 unspecified atom stereocenters. The Morgan fingerprint density at radius 1 is 1.19 bits per heavy atom. The van der Waals surface area contributed by atoms with Gasteiger partial charge in [-0.1, -0.05) is 37.6 Å². The summed E-state index contributed by atoms with van der Waals surface area (Å²) in [6.45, 7) is 6.33. The average molecular weight is 409 g/mol. The van der Waals surface area contributed by atoms with Gasteiger partial charge in [0.2, 0.25) is 0 Å². The molecule has 0 saturated carbocycles. The largest absolute Gasteiger partial charge is 0.466 e. The molecule has 0 fully saturated rings. The van der Waals surface area contributed by atoms with E-state index in [0.717, 1.165) is 22.3 Å². The Morgan fingerprint density at radius 2 is 1.96 bits per heavy atom. The first-order valence-electron chi connectivity index (χ1n) is 9.35. The lowest BCUT2D eigenvalue weighted by molar-refractivity contribution is -0.155. The van der Waals surface area contributed by atoms with Crippen molar-refractivity contribution in [3.8, 4) is 0 Å². The lowest BCUT2D eigenvalue weighted by atomic mass is 9.97. The number of nitrogens with zero attached hydrogens (tertiary/aromatic N) is 1. The van der Waals surface area contributed by atoms with Crippen LogP contribution in [0.4, 0.5) is 0 Å². The van der Waals surface area contributed by atoms with Gasteiger partial charge < -0.3 is 14.0 Å². The number of hydrogen-bond donors (Lipinski definition) is 0. The van der Waals surface area contributed by atoms with Crippen molar-refractivity contribution in [1.82, 2.24) is 4.98 Å². The van der Waals surface area contributed by atoms with Crippen molar-refractivity contribution < 1.29 is 18.8 Å². The summed E-state index contributed by atoms with van der Waals surface area (Å²) in [5, 5.41) is 0.877. The van der Waals surface area contributed by atoms with Crippen molar-refractivity contribution in [2.24, 2.45) is 5.92 Å². The highest BCUT2D eigenvalue weighted by atomic mass is 32.2. The van der Waals surface area contributed by atoms with E-state index in [2.05, 4.69) is 4.98 Å². The zero-order chi connectivity index (χ0) is 19.7. The molecular weight excluding hydrogens is 381 g/mol. The number of carbonyl (C=O) groups is 1. The predicted molar refractivity (Wildman–Crippen MR) is 112 cm³/mol. The molecule has 7 heteroatoms. The minimum atomic E-state index is -1.34. The summed E-state index contributed by atoms with van der Waals surface area (Å²) >= 11 is 1.47. The number of carbonyl (C=O) groups excluding carboxylic acids is 1. The Hall–Kier alpha value is -1.36. The molecule has 1 aromatic carbocycles. The molecule has 0 amide bonds. The Balaban J connectivity index is 2.27. The number of pyridine rings is 1. The minimum Gasteiger partial charge on any atom is -0.466 e. The minimum absolute atomic E-state index is 0.300. The molecule has 0 aliphatic heterocycles. The van der Waals surface area contributed by atoms with E-state index in [-0.39, 0.29) is 5.97 Å². The molecule has 5 nitrogen and oxygen atoms in total.